The Bertz CT molecular complexity index is 729. The van der Waals surface area contributed by atoms with Crippen LogP contribution < -0.4 is 4.74 Å². The van der Waals surface area contributed by atoms with Crippen LogP contribution in [-0.2, 0) is 4.79 Å². The second-order valence-corrected chi connectivity index (χ2v) is 5.90. The van der Waals surface area contributed by atoms with E-state index < -0.39 is 11.6 Å². The number of likely N-dealkylation sites (tertiary alicyclic amines) is 1. The number of carboxylic acids is 1. The molecule has 0 aliphatic carbocycles. The highest BCUT2D eigenvalue weighted by atomic mass is 16.5. The van der Waals surface area contributed by atoms with Crippen LogP contribution in [0.25, 0.3) is 0 Å². The number of hydrogen-bond acceptors (Lipinski definition) is 4. The second-order valence-electron chi connectivity index (χ2n) is 5.90. The third-order valence-electron chi connectivity index (χ3n) is 4.39. The van der Waals surface area contributed by atoms with Crippen molar-refractivity contribution >= 4 is 11.9 Å². The molecule has 0 saturated carbocycles. The lowest BCUT2D eigenvalue weighted by Gasteiger charge is -2.38. The standard InChI is InChI=1S/C18H19NO5/c1-13-15(7-12-23-13)16(20)19-10-8-18(9-11-19,17(21)22)24-14-5-3-2-4-6-14/h2-7,12H,8-11H2,1H3,(H,21,22). The molecule has 2 heterocycles. The van der Waals surface area contributed by atoms with Crippen LogP contribution in [0, 0.1) is 6.92 Å². The van der Waals surface area contributed by atoms with Gasteiger partial charge in [0.25, 0.3) is 5.91 Å². The van der Waals surface area contributed by atoms with Gasteiger partial charge >= 0.3 is 5.97 Å². The summed E-state index contributed by atoms with van der Waals surface area (Å²) in [6.45, 7) is 2.38. The Labute approximate surface area is 139 Å². The van der Waals surface area contributed by atoms with Crippen molar-refractivity contribution in [3.05, 3.63) is 54.0 Å². The highest BCUT2D eigenvalue weighted by Gasteiger charge is 2.45. The lowest BCUT2D eigenvalue weighted by atomic mass is 9.90. The van der Waals surface area contributed by atoms with Crippen molar-refractivity contribution in [2.24, 2.45) is 0 Å². The Balaban J connectivity index is 1.72. The number of benzene rings is 1. The van der Waals surface area contributed by atoms with Gasteiger partial charge in [0.2, 0.25) is 5.60 Å². The molecule has 6 heteroatoms. The molecule has 1 aliphatic heterocycles. The number of aryl methyl sites for hydroxylation is 1. The van der Waals surface area contributed by atoms with E-state index >= 15 is 0 Å². The highest BCUT2D eigenvalue weighted by Crippen LogP contribution is 2.30. The average Bonchev–Trinajstić information content (AvgIpc) is 3.02. The fraction of sp³-hybridized carbons (Fsp3) is 0.333. The van der Waals surface area contributed by atoms with Gasteiger partial charge in [0, 0.05) is 25.9 Å². The third kappa shape index (κ3) is 2.99. The zero-order valence-corrected chi connectivity index (χ0v) is 13.4. The lowest BCUT2D eigenvalue weighted by Crippen LogP contribution is -2.54. The number of piperidine rings is 1. The van der Waals surface area contributed by atoms with E-state index in [9.17, 15) is 14.7 Å². The summed E-state index contributed by atoms with van der Waals surface area (Å²) in [6.07, 6.45) is 1.95. The molecule has 1 aromatic carbocycles. The molecule has 24 heavy (non-hydrogen) atoms. The van der Waals surface area contributed by atoms with Crippen molar-refractivity contribution in [1.82, 2.24) is 4.90 Å². The summed E-state index contributed by atoms with van der Waals surface area (Å²) in [5.41, 5.74) is -0.786. The van der Waals surface area contributed by atoms with Gasteiger partial charge in [0.05, 0.1) is 11.8 Å². The molecule has 0 radical (unpaired) electrons. The summed E-state index contributed by atoms with van der Waals surface area (Å²) in [7, 11) is 0. The Morgan fingerprint density at radius 2 is 1.83 bits per heavy atom. The number of ether oxygens (including phenoxy) is 1. The van der Waals surface area contributed by atoms with E-state index in [-0.39, 0.29) is 18.7 Å². The lowest BCUT2D eigenvalue weighted by molar-refractivity contribution is -0.159. The molecular formula is C18H19NO5. The first-order valence-corrected chi connectivity index (χ1v) is 7.83. The van der Waals surface area contributed by atoms with Gasteiger partial charge in [-0.05, 0) is 25.1 Å². The molecule has 126 valence electrons. The van der Waals surface area contributed by atoms with Crippen LogP contribution in [0.3, 0.4) is 0 Å². The normalized spacial score (nSPS) is 16.6. The number of hydrogen-bond donors (Lipinski definition) is 1. The van der Waals surface area contributed by atoms with Crippen molar-refractivity contribution in [2.75, 3.05) is 13.1 Å². The first-order chi connectivity index (χ1) is 11.5. The van der Waals surface area contributed by atoms with Crippen LogP contribution in [0.2, 0.25) is 0 Å². The monoisotopic (exact) mass is 329 g/mol. The van der Waals surface area contributed by atoms with E-state index in [1.807, 2.05) is 6.07 Å². The van der Waals surface area contributed by atoms with E-state index in [2.05, 4.69) is 0 Å². The first-order valence-electron chi connectivity index (χ1n) is 7.83. The zero-order valence-electron chi connectivity index (χ0n) is 13.4. The van der Waals surface area contributed by atoms with Crippen LogP contribution in [0.15, 0.2) is 47.1 Å². The van der Waals surface area contributed by atoms with Crippen molar-refractivity contribution in [2.45, 2.75) is 25.4 Å². The topological polar surface area (TPSA) is 80.0 Å². The van der Waals surface area contributed by atoms with E-state index in [0.717, 1.165) is 0 Å². The van der Waals surface area contributed by atoms with Crippen molar-refractivity contribution in [3.63, 3.8) is 0 Å². The first kappa shape index (κ1) is 16.1. The van der Waals surface area contributed by atoms with Gasteiger partial charge in [-0.2, -0.15) is 0 Å². The summed E-state index contributed by atoms with van der Waals surface area (Å²) in [6, 6.07) is 10.5. The van der Waals surface area contributed by atoms with Crippen LogP contribution >= 0.6 is 0 Å². The van der Waals surface area contributed by atoms with Crippen molar-refractivity contribution in [3.8, 4) is 5.75 Å². The number of carbonyl (C=O) groups is 2. The van der Waals surface area contributed by atoms with Gasteiger partial charge in [-0.3, -0.25) is 4.79 Å². The SMILES string of the molecule is Cc1occc1C(=O)N1CCC(Oc2ccccc2)(C(=O)O)CC1. The molecule has 1 aliphatic rings. The Kier molecular flexibility index (Phi) is 4.29. The number of nitrogens with zero attached hydrogens (tertiary/aromatic N) is 1. The van der Waals surface area contributed by atoms with Gasteiger partial charge in [-0.1, -0.05) is 18.2 Å². The summed E-state index contributed by atoms with van der Waals surface area (Å²) in [5.74, 6) is -0.0566. The van der Waals surface area contributed by atoms with Crippen LogP contribution in [0.4, 0.5) is 0 Å². The van der Waals surface area contributed by atoms with Crippen LogP contribution in [-0.4, -0.2) is 40.6 Å². The van der Waals surface area contributed by atoms with Crippen molar-refractivity contribution in [1.29, 1.82) is 0 Å². The largest absolute Gasteiger partial charge is 0.478 e. The predicted octanol–water partition coefficient (Wildman–Crippen LogP) is 2.73. The second kappa shape index (κ2) is 6.39. The van der Waals surface area contributed by atoms with E-state index in [1.54, 1.807) is 42.2 Å². The summed E-state index contributed by atoms with van der Waals surface area (Å²) < 4.78 is 11.0. The van der Waals surface area contributed by atoms with Crippen LogP contribution in [0.5, 0.6) is 5.75 Å². The van der Waals surface area contributed by atoms with Gasteiger partial charge in [0.15, 0.2) is 0 Å². The maximum absolute atomic E-state index is 12.5. The van der Waals surface area contributed by atoms with E-state index in [0.29, 0.717) is 30.2 Å². The maximum atomic E-state index is 12.5. The molecule has 0 bridgehead atoms. The molecule has 0 atom stereocenters. The fourth-order valence-corrected chi connectivity index (χ4v) is 2.92. The van der Waals surface area contributed by atoms with Gasteiger partial charge in [0.1, 0.15) is 11.5 Å². The van der Waals surface area contributed by atoms with Gasteiger partial charge in [-0.15, -0.1) is 0 Å². The van der Waals surface area contributed by atoms with E-state index in [4.69, 9.17) is 9.15 Å². The molecule has 1 aromatic heterocycles. The molecule has 1 amide bonds. The minimum Gasteiger partial charge on any atom is -0.478 e. The highest BCUT2D eigenvalue weighted by molar-refractivity contribution is 5.95. The Morgan fingerprint density at radius 1 is 1.17 bits per heavy atom. The molecule has 2 aromatic rings. The number of para-hydroxylation sites is 1. The van der Waals surface area contributed by atoms with Crippen LogP contribution in [0.1, 0.15) is 29.0 Å². The summed E-state index contributed by atoms with van der Waals surface area (Å²) in [4.78, 5) is 25.9. The van der Waals surface area contributed by atoms with Gasteiger partial charge < -0.3 is 19.2 Å². The predicted molar refractivity (Wildman–Crippen MR) is 86.0 cm³/mol. The maximum Gasteiger partial charge on any atom is 0.348 e. The smallest absolute Gasteiger partial charge is 0.348 e. The summed E-state index contributed by atoms with van der Waals surface area (Å²) in [5, 5.41) is 9.66. The summed E-state index contributed by atoms with van der Waals surface area (Å²) >= 11 is 0. The Morgan fingerprint density at radius 3 is 2.38 bits per heavy atom. The number of furan rings is 1. The minimum atomic E-state index is -1.30. The molecule has 1 fully saturated rings. The molecule has 3 rings (SSSR count). The molecule has 1 N–H and O–H groups in total. The number of carbonyl (C=O) groups excluding carboxylic acids is 1. The number of amides is 1. The van der Waals surface area contributed by atoms with Crippen molar-refractivity contribution < 1.29 is 23.8 Å². The number of rotatable bonds is 4. The van der Waals surface area contributed by atoms with Gasteiger partial charge in [-0.25, -0.2) is 4.79 Å². The zero-order chi connectivity index (χ0) is 17.2. The average molecular weight is 329 g/mol. The molecular weight excluding hydrogens is 310 g/mol. The third-order valence-corrected chi connectivity index (χ3v) is 4.39. The Hall–Kier alpha value is -2.76. The minimum absolute atomic E-state index is 0.139. The number of carboxylic acid groups (broad SMARTS) is 1. The molecule has 1 saturated heterocycles. The number of aliphatic carboxylic acids is 1. The molecule has 6 nitrogen and oxygen atoms in total. The molecule has 0 spiro atoms. The van der Waals surface area contributed by atoms with E-state index in [1.165, 1.54) is 6.26 Å². The fourth-order valence-electron chi connectivity index (χ4n) is 2.92. The molecule has 0 unspecified atom stereocenters. The quantitative estimate of drug-likeness (QED) is 0.933.